The standard InChI is InChI=1S/C16H15ClN4O/c1-2-8-19-16(22)12-7-9-18-15-13(12)20-14(21-15)10-3-5-11(17)6-4-10/h3-7,9H,2,8H2,1H3,(H,19,22)(H,18,20,21). The highest BCUT2D eigenvalue weighted by atomic mass is 35.5. The lowest BCUT2D eigenvalue weighted by atomic mass is 10.2. The van der Waals surface area contributed by atoms with Gasteiger partial charge in [0.15, 0.2) is 5.65 Å². The van der Waals surface area contributed by atoms with Crippen molar-refractivity contribution in [1.82, 2.24) is 20.3 Å². The SMILES string of the molecule is CCCNC(=O)c1ccnc2nc(-c3ccc(Cl)cc3)[nH]c12. The molecule has 0 saturated heterocycles. The molecule has 3 rings (SSSR count). The van der Waals surface area contributed by atoms with Gasteiger partial charge in [-0.25, -0.2) is 9.97 Å². The molecule has 2 aromatic heterocycles. The van der Waals surface area contributed by atoms with Crippen LogP contribution in [0.4, 0.5) is 0 Å². The van der Waals surface area contributed by atoms with Gasteiger partial charge in [-0.1, -0.05) is 18.5 Å². The summed E-state index contributed by atoms with van der Waals surface area (Å²) in [4.78, 5) is 24.0. The van der Waals surface area contributed by atoms with Crippen molar-refractivity contribution in [3.05, 3.63) is 47.1 Å². The maximum absolute atomic E-state index is 12.2. The van der Waals surface area contributed by atoms with E-state index in [0.717, 1.165) is 12.0 Å². The summed E-state index contributed by atoms with van der Waals surface area (Å²) in [7, 11) is 0. The lowest BCUT2D eigenvalue weighted by Gasteiger charge is -2.03. The number of halogens is 1. The molecule has 0 radical (unpaired) electrons. The van der Waals surface area contributed by atoms with Gasteiger partial charge in [0.25, 0.3) is 5.91 Å². The van der Waals surface area contributed by atoms with Crippen LogP contribution < -0.4 is 5.32 Å². The van der Waals surface area contributed by atoms with E-state index in [1.54, 1.807) is 24.4 Å². The molecule has 0 aliphatic heterocycles. The molecular formula is C16H15ClN4O. The minimum absolute atomic E-state index is 0.124. The number of imidazole rings is 1. The second-order valence-electron chi connectivity index (χ2n) is 4.91. The Kier molecular flexibility index (Phi) is 4.06. The molecule has 22 heavy (non-hydrogen) atoms. The number of rotatable bonds is 4. The average molecular weight is 315 g/mol. The predicted octanol–water partition coefficient (Wildman–Crippen LogP) is 3.42. The molecule has 0 saturated carbocycles. The molecule has 6 heteroatoms. The van der Waals surface area contributed by atoms with Crippen LogP contribution in [0.25, 0.3) is 22.6 Å². The zero-order valence-electron chi connectivity index (χ0n) is 12.1. The van der Waals surface area contributed by atoms with Crippen molar-refractivity contribution in [3.63, 3.8) is 0 Å². The van der Waals surface area contributed by atoms with E-state index < -0.39 is 0 Å². The maximum atomic E-state index is 12.2. The van der Waals surface area contributed by atoms with Gasteiger partial charge in [0.1, 0.15) is 5.82 Å². The van der Waals surface area contributed by atoms with Gasteiger partial charge in [0.2, 0.25) is 0 Å². The summed E-state index contributed by atoms with van der Waals surface area (Å²) in [6.45, 7) is 2.65. The molecule has 0 aliphatic carbocycles. The number of fused-ring (bicyclic) bond motifs is 1. The number of nitrogens with zero attached hydrogens (tertiary/aromatic N) is 2. The molecule has 1 amide bonds. The minimum Gasteiger partial charge on any atom is -0.352 e. The second kappa shape index (κ2) is 6.15. The Bertz CT molecular complexity index is 811. The van der Waals surface area contributed by atoms with E-state index in [1.165, 1.54) is 0 Å². The van der Waals surface area contributed by atoms with E-state index in [0.29, 0.717) is 34.1 Å². The van der Waals surface area contributed by atoms with Crippen molar-refractivity contribution in [2.24, 2.45) is 0 Å². The fourth-order valence-electron chi connectivity index (χ4n) is 2.18. The molecule has 2 N–H and O–H groups in total. The van der Waals surface area contributed by atoms with Gasteiger partial charge >= 0.3 is 0 Å². The van der Waals surface area contributed by atoms with E-state index in [4.69, 9.17) is 11.6 Å². The van der Waals surface area contributed by atoms with Crippen molar-refractivity contribution in [2.45, 2.75) is 13.3 Å². The fraction of sp³-hybridized carbons (Fsp3) is 0.188. The quantitative estimate of drug-likeness (QED) is 0.775. The van der Waals surface area contributed by atoms with Gasteiger partial charge in [0, 0.05) is 23.3 Å². The van der Waals surface area contributed by atoms with E-state index >= 15 is 0 Å². The number of nitrogens with one attached hydrogen (secondary N) is 2. The van der Waals surface area contributed by atoms with Crippen LogP contribution in [0.5, 0.6) is 0 Å². The highest BCUT2D eigenvalue weighted by molar-refractivity contribution is 6.30. The van der Waals surface area contributed by atoms with Crippen LogP contribution in [0, 0.1) is 0 Å². The minimum atomic E-state index is -0.124. The molecule has 0 bridgehead atoms. The molecule has 0 fully saturated rings. The van der Waals surface area contributed by atoms with Crippen LogP contribution in [-0.2, 0) is 0 Å². The van der Waals surface area contributed by atoms with Crippen molar-refractivity contribution in [2.75, 3.05) is 6.54 Å². The van der Waals surface area contributed by atoms with E-state index in [2.05, 4.69) is 20.3 Å². The summed E-state index contributed by atoms with van der Waals surface area (Å²) in [5.41, 5.74) is 2.60. The number of hydrogen-bond acceptors (Lipinski definition) is 3. The van der Waals surface area contributed by atoms with Crippen molar-refractivity contribution in [3.8, 4) is 11.4 Å². The molecule has 3 aromatic rings. The third kappa shape index (κ3) is 2.80. The third-order valence-electron chi connectivity index (χ3n) is 3.29. The molecule has 1 aromatic carbocycles. The van der Waals surface area contributed by atoms with Gasteiger partial charge in [-0.2, -0.15) is 0 Å². The van der Waals surface area contributed by atoms with Crippen LogP contribution in [0.15, 0.2) is 36.5 Å². The first-order chi connectivity index (χ1) is 10.7. The summed E-state index contributed by atoms with van der Waals surface area (Å²) in [6.07, 6.45) is 2.48. The zero-order valence-corrected chi connectivity index (χ0v) is 12.8. The Morgan fingerprint density at radius 3 is 2.77 bits per heavy atom. The van der Waals surface area contributed by atoms with Crippen LogP contribution in [-0.4, -0.2) is 27.4 Å². The Balaban J connectivity index is 2.02. The first kappa shape index (κ1) is 14.5. The first-order valence-corrected chi connectivity index (χ1v) is 7.45. The Hall–Kier alpha value is -2.40. The van der Waals surface area contributed by atoms with Crippen LogP contribution >= 0.6 is 11.6 Å². The smallest absolute Gasteiger partial charge is 0.253 e. The molecule has 0 unspecified atom stereocenters. The van der Waals surface area contributed by atoms with Gasteiger partial charge in [0.05, 0.1) is 11.1 Å². The summed E-state index contributed by atoms with van der Waals surface area (Å²) in [6, 6.07) is 9.03. The topological polar surface area (TPSA) is 70.7 Å². The number of benzene rings is 1. The van der Waals surface area contributed by atoms with Gasteiger partial charge in [-0.05, 0) is 36.8 Å². The molecule has 112 valence electrons. The molecule has 2 heterocycles. The zero-order chi connectivity index (χ0) is 15.5. The van der Waals surface area contributed by atoms with Crippen molar-refractivity contribution >= 4 is 28.7 Å². The highest BCUT2D eigenvalue weighted by Crippen LogP contribution is 2.23. The predicted molar refractivity (Wildman–Crippen MR) is 87.0 cm³/mol. The Morgan fingerprint density at radius 2 is 2.05 bits per heavy atom. The van der Waals surface area contributed by atoms with E-state index in [9.17, 15) is 4.79 Å². The molecule has 5 nitrogen and oxygen atoms in total. The number of carbonyl (C=O) groups is 1. The number of aromatic nitrogens is 3. The number of hydrogen-bond donors (Lipinski definition) is 2. The number of amides is 1. The van der Waals surface area contributed by atoms with Gasteiger partial charge < -0.3 is 10.3 Å². The second-order valence-corrected chi connectivity index (χ2v) is 5.34. The van der Waals surface area contributed by atoms with Gasteiger partial charge in [-0.3, -0.25) is 4.79 Å². The Labute approximate surface area is 132 Å². The highest BCUT2D eigenvalue weighted by Gasteiger charge is 2.14. The van der Waals surface area contributed by atoms with Crippen molar-refractivity contribution < 1.29 is 4.79 Å². The van der Waals surface area contributed by atoms with Crippen LogP contribution in [0.3, 0.4) is 0 Å². The maximum Gasteiger partial charge on any atom is 0.253 e. The molecule has 0 atom stereocenters. The van der Waals surface area contributed by atoms with Crippen molar-refractivity contribution in [1.29, 1.82) is 0 Å². The normalized spacial score (nSPS) is 10.8. The molecule has 0 spiro atoms. The Morgan fingerprint density at radius 1 is 1.27 bits per heavy atom. The largest absolute Gasteiger partial charge is 0.352 e. The number of carbonyl (C=O) groups excluding carboxylic acids is 1. The van der Waals surface area contributed by atoms with Gasteiger partial charge in [-0.15, -0.1) is 0 Å². The number of H-pyrrole nitrogens is 1. The molecular weight excluding hydrogens is 300 g/mol. The fourth-order valence-corrected chi connectivity index (χ4v) is 2.30. The average Bonchev–Trinajstić information content (AvgIpc) is 2.97. The van der Waals surface area contributed by atoms with Crippen LogP contribution in [0.2, 0.25) is 5.02 Å². The summed E-state index contributed by atoms with van der Waals surface area (Å²) < 4.78 is 0. The number of aromatic amines is 1. The lowest BCUT2D eigenvalue weighted by molar-refractivity contribution is 0.0955. The first-order valence-electron chi connectivity index (χ1n) is 7.08. The van der Waals surface area contributed by atoms with E-state index in [1.807, 2.05) is 19.1 Å². The number of pyridine rings is 1. The lowest BCUT2D eigenvalue weighted by Crippen LogP contribution is -2.24. The third-order valence-corrected chi connectivity index (χ3v) is 3.54. The van der Waals surface area contributed by atoms with Crippen LogP contribution in [0.1, 0.15) is 23.7 Å². The van der Waals surface area contributed by atoms with E-state index in [-0.39, 0.29) is 5.91 Å². The monoisotopic (exact) mass is 314 g/mol. The molecule has 0 aliphatic rings. The summed E-state index contributed by atoms with van der Waals surface area (Å²) >= 11 is 5.90. The summed E-state index contributed by atoms with van der Waals surface area (Å²) in [5.74, 6) is 0.537. The summed E-state index contributed by atoms with van der Waals surface area (Å²) in [5, 5.41) is 3.53.